The van der Waals surface area contributed by atoms with Gasteiger partial charge in [0.25, 0.3) is 0 Å². The average molecular weight is 177 g/mol. The van der Waals surface area contributed by atoms with Gasteiger partial charge in [0.2, 0.25) is 0 Å². The van der Waals surface area contributed by atoms with Crippen molar-refractivity contribution in [1.29, 1.82) is 0 Å². The van der Waals surface area contributed by atoms with Gasteiger partial charge in [-0.15, -0.1) is 0 Å². The van der Waals surface area contributed by atoms with Crippen molar-refractivity contribution < 1.29 is 4.39 Å². The average Bonchev–Trinajstić information content (AvgIpc) is 2.18. The first kappa shape index (κ1) is 8.45. The van der Waals surface area contributed by atoms with Gasteiger partial charge in [0.05, 0.1) is 0 Å². The quantitative estimate of drug-likeness (QED) is 0.697. The van der Waals surface area contributed by atoms with Gasteiger partial charge in [0, 0.05) is 0 Å². The van der Waals surface area contributed by atoms with Crippen LogP contribution in [0, 0.1) is 11.7 Å². The number of halogens is 1. The fraction of sp³-hybridized carbons (Fsp3) is 0.273. The Hall–Kier alpha value is -1.15. The highest BCUT2D eigenvalue weighted by Crippen LogP contribution is 2.24. The summed E-state index contributed by atoms with van der Waals surface area (Å²) in [6, 6.07) is 5.18. The van der Waals surface area contributed by atoms with Crippen LogP contribution in [0.25, 0.3) is 6.08 Å². The molecule has 0 aliphatic heterocycles. The molecule has 0 heterocycles. The summed E-state index contributed by atoms with van der Waals surface area (Å²) in [5.74, 6) is 0.185. The lowest BCUT2D eigenvalue weighted by Gasteiger charge is -2.17. The minimum absolute atomic E-state index is 0.111. The highest BCUT2D eigenvalue weighted by molar-refractivity contribution is 5.57. The second-order valence-corrected chi connectivity index (χ2v) is 3.37. The van der Waals surface area contributed by atoms with Gasteiger partial charge in [0.1, 0.15) is 5.82 Å². The molecule has 0 aromatic heterocycles. The first-order valence-corrected chi connectivity index (χ1v) is 4.47. The molecule has 1 aromatic carbocycles. The summed E-state index contributed by atoms with van der Waals surface area (Å²) in [4.78, 5) is 0. The lowest BCUT2D eigenvalue weighted by Crippen LogP contribution is -2.18. The monoisotopic (exact) mass is 177 g/mol. The summed E-state index contributed by atoms with van der Waals surface area (Å²) >= 11 is 0. The third-order valence-electron chi connectivity index (χ3n) is 2.47. The Balaban J connectivity index is 2.41. The first-order chi connectivity index (χ1) is 6.31. The van der Waals surface area contributed by atoms with Crippen LogP contribution in [-0.4, -0.2) is 6.54 Å². The number of hydrogen-bond acceptors (Lipinski definition) is 1. The van der Waals surface area contributed by atoms with Gasteiger partial charge >= 0.3 is 0 Å². The summed E-state index contributed by atoms with van der Waals surface area (Å²) in [5, 5.41) is 0. The van der Waals surface area contributed by atoms with Crippen LogP contribution in [0.4, 0.5) is 4.39 Å². The number of fused-ring (bicyclic) bond motifs is 1. The van der Waals surface area contributed by atoms with Crippen LogP contribution >= 0.6 is 0 Å². The van der Waals surface area contributed by atoms with E-state index >= 15 is 0 Å². The topological polar surface area (TPSA) is 26.0 Å². The number of hydrogen-bond donors (Lipinski definition) is 1. The Kier molecular flexibility index (Phi) is 2.15. The van der Waals surface area contributed by atoms with Gasteiger partial charge in [-0.1, -0.05) is 24.3 Å². The van der Waals surface area contributed by atoms with E-state index in [2.05, 4.69) is 6.08 Å². The molecule has 0 saturated carbocycles. The van der Waals surface area contributed by atoms with E-state index in [4.69, 9.17) is 5.73 Å². The highest BCUT2D eigenvalue weighted by Gasteiger charge is 2.15. The Morgan fingerprint density at radius 2 is 2.31 bits per heavy atom. The van der Waals surface area contributed by atoms with Crippen LogP contribution in [0.1, 0.15) is 11.1 Å². The van der Waals surface area contributed by atoms with Crippen molar-refractivity contribution in [1.82, 2.24) is 0 Å². The molecule has 1 unspecified atom stereocenters. The van der Waals surface area contributed by atoms with Crippen molar-refractivity contribution in [2.45, 2.75) is 6.42 Å². The molecule has 1 aliphatic carbocycles. The molecule has 0 fully saturated rings. The number of rotatable bonds is 1. The Bertz CT molecular complexity index is 344. The molecule has 68 valence electrons. The van der Waals surface area contributed by atoms with E-state index in [1.54, 1.807) is 6.07 Å². The molecule has 2 heteroatoms. The van der Waals surface area contributed by atoms with Crippen LogP contribution in [0.5, 0.6) is 0 Å². The Morgan fingerprint density at radius 3 is 3.08 bits per heavy atom. The van der Waals surface area contributed by atoms with E-state index in [1.165, 1.54) is 6.07 Å². The van der Waals surface area contributed by atoms with Crippen LogP contribution in [-0.2, 0) is 6.42 Å². The fourth-order valence-electron chi connectivity index (χ4n) is 1.68. The van der Waals surface area contributed by atoms with E-state index in [9.17, 15) is 4.39 Å². The number of benzene rings is 1. The zero-order chi connectivity index (χ0) is 9.26. The molecular weight excluding hydrogens is 165 g/mol. The van der Waals surface area contributed by atoms with Crippen molar-refractivity contribution in [2.75, 3.05) is 6.54 Å². The van der Waals surface area contributed by atoms with Crippen LogP contribution in [0.15, 0.2) is 24.3 Å². The molecule has 2 rings (SSSR count). The van der Waals surface area contributed by atoms with Gasteiger partial charge in [-0.25, -0.2) is 4.39 Å². The summed E-state index contributed by atoms with van der Waals surface area (Å²) < 4.78 is 13.3. The van der Waals surface area contributed by atoms with E-state index in [-0.39, 0.29) is 5.82 Å². The zero-order valence-corrected chi connectivity index (χ0v) is 7.33. The van der Waals surface area contributed by atoms with Crippen LogP contribution in [0.3, 0.4) is 0 Å². The fourth-order valence-corrected chi connectivity index (χ4v) is 1.68. The second-order valence-electron chi connectivity index (χ2n) is 3.37. The van der Waals surface area contributed by atoms with Crippen molar-refractivity contribution >= 4 is 6.08 Å². The van der Waals surface area contributed by atoms with Crippen LogP contribution in [0.2, 0.25) is 0 Å². The molecule has 0 bridgehead atoms. The van der Waals surface area contributed by atoms with E-state index in [0.717, 1.165) is 17.5 Å². The molecule has 0 saturated heterocycles. The van der Waals surface area contributed by atoms with Gasteiger partial charge < -0.3 is 5.73 Å². The molecule has 1 nitrogen and oxygen atoms in total. The third-order valence-corrected chi connectivity index (χ3v) is 2.47. The molecule has 13 heavy (non-hydrogen) atoms. The minimum Gasteiger partial charge on any atom is -0.330 e. The SMILES string of the molecule is NCC1C=Cc2cccc(F)c2C1. The highest BCUT2D eigenvalue weighted by atomic mass is 19.1. The maximum atomic E-state index is 13.3. The molecule has 0 spiro atoms. The predicted molar refractivity (Wildman–Crippen MR) is 51.7 cm³/mol. The zero-order valence-electron chi connectivity index (χ0n) is 7.33. The normalized spacial score (nSPS) is 20.0. The maximum Gasteiger partial charge on any atom is 0.127 e. The summed E-state index contributed by atoms with van der Waals surface area (Å²) in [6.45, 7) is 0.588. The molecule has 1 atom stereocenters. The molecular formula is C11H12FN. The Labute approximate surface area is 77.1 Å². The first-order valence-electron chi connectivity index (χ1n) is 4.47. The maximum absolute atomic E-state index is 13.3. The van der Waals surface area contributed by atoms with Gasteiger partial charge in [0.15, 0.2) is 0 Å². The molecule has 0 radical (unpaired) electrons. The molecule has 2 N–H and O–H groups in total. The molecule has 1 aromatic rings. The van der Waals surface area contributed by atoms with Crippen molar-refractivity contribution in [3.05, 3.63) is 41.2 Å². The number of nitrogens with two attached hydrogens (primary N) is 1. The van der Waals surface area contributed by atoms with Crippen molar-refractivity contribution in [2.24, 2.45) is 11.7 Å². The lowest BCUT2D eigenvalue weighted by atomic mass is 9.89. The smallest absolute Gasteiger partial charge is 0.127 e. The second kappa shape index (κ2) is 3.30. The summed E-state index contributed by atoms with van der Waals surface area (Å²) in [6.07, 6.45) is 4.75. The van der Waals surface area contributed by atoms with Gasteiger partial charge in [-0.3, -0.25) is 0 Å². The van der Waals surface area contributed by atoms with Crippen LogP contribution < -0.4 is 5.73 Å². The minimum atomic E-state index is -0.111. The van der Waals surface area contributed by atoms with E-state index in [0.29, 0.717) is 12.5 Å². The standard InChI is InChI=1S/C11H12FN/c12-11-3-1-2-9-5-4-8(7-13)6-10(9)11/h1-5,8H,6-7,13H2. The van der Waals surface area contributed by atoms with Crippen molar-refractivity contribution in [3.8, 4) is 0 Å². The largest absolute Gasteiger partial charge is 0.330 e. The van der Waals surface area contributed by atoms with Gasteiger partial charge in [-0.05, 0) is 36.1 Å². The molecule has 0 amide bonds. The van der Waals surface area contributed by atoms with Crippen molar-refractivity contribution in [3.63, 3.8) is 0 Å². The van der Waals surface area contributed by atoms with Gasteiger partial charge in [-0.2, -0.15) is 0 Å². The summed E-state index contributed by atoms with van der Waals surface area (Å²) in [7, 11) is 0. The summed E-state index contributed by atoms with van der Waals surface area (Å²) in [5.41, 5.74) is 7.33. The Morgan fingerprint density at radius 1 is 1.46 bits per heavy atom. The van der Waals surface area contributed by atoms with E-state index in [1.807, 2.05) is 12.1 Å². The predicted octanol–water partition coefficient (Wildman–Crippen LogP) is 1.97. The third kappa shape index (κ3) is 1.49. The molecule has 1 aliphatic rings. The van der Waals surface area contributed by atoms with E-state index < -0.39 is 0 Å². The lowest BCUT2D eigenvalue weighted by molar-refractivity contribution is 0.576.